The van der Waals surface area contributed by atoms with E-state index in [0.717, 1.165) is 24.9 Å². The first kappa shape index (κ1) is 21.5. The van der Waals surface area contributed by atoms with E-state index in [1.54, 1.807) is 36.4 Å². The summed E-state index contributed by atoms with van der Waals surface area (Å²) in [5.41, 5.74) is 1.84. The van der Waals surface area contributed by atoms with Crippen LogP contribution < -0.4 is 10.1 Å². The summed E-state index contributed by atoms with van der Waals surface area (Å²) in [5.74, 6) is 0.291. The lowest BCUT2D eigenvalue weighted by Crippen LogP contribution is -2.49. The summed E-state index contributed by atoms with van der Waals surface area (Å²) in [5, 5.41) is 13.9. The zero-order valence-electron chi connectivity index (χ0n) is 18.1. The van der Waals surface area contributed by atoms with Crippen molar-refractivity contribution in [2.24, 2.45) is 0 Å². The number of rotatable bonds is 6. The minimum absolute atomic E-state index is 0.00557. The van der Waals surface area contributed by atoms with Gasteiger partial charge in [0.1, 0.15) is 12.1 Å². The Kier molecular flexibility index (Phi) is 6.44. The lowest BCUT2D eigenvalue weighted by Gasteiger charge is -2.38. The molecule has 1 saturated heterocycles. The number of tetrazole rings is 1. The Bertz CT molecular complexity index is 1060. The molecule has 3 aromatic rings. The molecule has 32 heavy (non-hydrogen) atoms. The van der Waals surface area contributed by atoms with Gasteiger partial charge in [0, 0.05) is 23.3 Å². The molecule has 2 atom stereocenters. The van der Waals surface area contributed by atoms with Gasteiger partial charge in [-0.3, -0.25) is 9.59 Å². The lowest BCUT2D eigenvalue weighted by molar-refractivity contribution is -0.139. The Hall–Kier alpha value is -3.75. The number of likely N-dealkylation sites (tertiary alicyclic amines) is 1. The smallest absolute Gasteiger partial charge is 0.260 e. The molecule has 1 N–H and O–H groups in total. The van der Waals surface area contributed by atoms with Gasteiger partial charge >= 0.3 is 0 Å². The number of hydrogen-bond acceptors (Lipinski definition) is 6. The zero-order valence-corrected chi connectivity index (χ0v) is 18.1. The van der Waals surface area contributed by atoms with Crippen LogP contribution in [-0.4, -0.2) is 55.6 Å². The number of hydrogen-bond donors (Lipinski definition) is 1. The zero-order chi connectivity index (χ0) is 22.5. The van der Waals surface area contributed by atoms with E-state index in [2.05, 4.69) is 34.7 Å². The van der Waals surface area contributed by atoms with E-state index < -0.39 is 0 Å². The third kappa shape index (κ3) is 4.93. The fourth-order valence-corrected chi connectivity index (χ4v) is 4.04. The molecule has 0 spiro atoms. The van der Waals surface area contributed by atoms with Gasteiger partial charge in [0.25, 0.3) is 11.8 Å². The minimum atomic E-state index is -0.252. The molecule has 0 bridgehead atoms. The highest BCUT2D eigenvalue weighted by molar-refractivity contribution is 6.04. The number of nitrogens with zero attached hydrogens (tertiary/aromatic N) is 5. The number of amides is 2. The third-order valence-corrected chi connectivity index (χ3v) is 5.68. The van der Waals surface area contributed by atoms with E-state index in [1.165, 1.54) is 11.0 Å². The van der Waals surface area contributed by atoms with Gasteiger partial charge in [-0.1, -0.05) is 6.07 Å². The average Bonchev–Trinajstić information content (AvgIpc) is 3.33. The summed E-state index contributed by atoms with van der Waals surface area (Å²) < 4.78 is 7.19. The van der Waals surface area contributed by atoms with Crippen LogP contribution in [0.25, 0.3) is 5.69 Å². The first-order chi connectivity index (χ1) is 15.5. The second-order valence-electron chi connectivity index (χ2n) is 8.00. The third-order valence-electron chi connectivity index (χ3n) is 5.68. The average molecular weight is 435 g/mol. The quantitative estimate of drug-likeness (QED) is 0.640. The summed E-state index contributed by atoms with van der Waals surface area (Å²) >= 11 is 0. The minimum Gasteiger partial charge on any atom is -0.484 e. The van der Waals surface area contributed by atoms with Crippen LogP contribution in [0.3, 0.4) is 0 Å². The number of ether oxygens (including phenoxy) is 1. The molecule has 0 aliphatic carbocycles. The Labute approximate surface area is 186 Å². The number of carbonyl (C=O) groups excluding carboxylic acids is 2. The summed E-state index contributed by atoms with van der Waals surface area (Å²) in [6, 6.07) is 14.4. The van der Waals surface area contributed by atoms with Crippen LogP contribution in [0.2, 0.25) is 0 Å². The molecule has 0 radical (unpaired) electrons. The van der Waals surface area contributed by atoms with Gasteiger partial charge in [0.05, 0.1) is 5.69 Å². The molecular weight excluding hydrogens is 408 g/mol. The van der Waals surface area contributed by atoms with Crippen molar-refractivity contribution < 1.29 is 14.3 Å². The maximum Gasteiger partial charge on any atom is 0.260 e. The number of benzene rings is 2. The van der Waals surface area contributed by atoms with E-state index in [4.69, 9.17) is 4.74 Å². The van der Waals surface area contributed by atoms with E-state index in [0.29, 0.717) is 17.0 Å². The fraction of sp³-hybridized carbons (Fsp3) is 0.348. The number of nitrogens with one attached hydrogen (secondary N) is 1. The van der Waals surface area contributed by atoms with Gasteiger partial charge in [-0.15, -0.1) is 5.10 Å². The highest BCUT2D eigenvalue weighted by Gasteiger charge is 2.28. The molecule has 4 rings (SSSR count). The molecule has 9 heteroatoms. The van der Waals surface area contributed by atoms with Crippen molar-refractivity contribution in [3.05, 3.63) is 60.4 Å². The molecular formula is C23H26N6O3. The second kappa shape index (κ2) is 9.59. The van der Waals surface area contributed by atoms with Crippen molar-refractivity contribution in [3.8, 4) is 11.4 Å². The van der Waals surface area contributed by atoms with Crippen LogP contribution in [0.4, 0.5) is 5.69 Å². The summed E-state index contributed by atoms with van der Waals surface area (Å²) in [7, 11) is 0. The lowest BCUT2D eigenvalue weighted by atomic mass is 9.97. The summed E-state index contributed by atoms with van der Waals surface area (Å²) in [6.45, 7) is 4.16. The van der Waals surface area contributed by atoms with Gasteiger partial charge in [-0.05, 0) is 86.0 Å². The molecule has 1 fully saturated rings. The Morgan fingerprint density at radius 3 is 2.53 bits per heavy atom. The topological polar surface area (TPSA) is 102 Å². The number of carbonyl (C=O) groups is 2. The van der Waals surface area contributed by atoms with Crippen molar-refractivity contribution in [2.45, 2.75) is 45.2 Å². The van der Waals surface area contributed by atoms with E-state index in [9.17, 15) is 9.59 Å². The molecule has 1 aliphatic rings. The van der Waals surface area contributed by atoms with Crippen LogP contribution in [0.15, 0.2) is 54.9 Å². The van der Waals surface area contributed by atoms with Gasteiger partial charge in [-0.2, -0.15) is 0 Å². The Morgan fingerprint density at radius 1 is 1.09 bits per heavy atom. The normalized spacial score (nSPS) is 18.2. The maximum absolute atomic E-state index is 12.6. The molecule has 0 saturated carbocycles. The van der Waals surface area contributed by atoms with Gasteiger partial charge in [0.2, 0.25) is 0 Å². The number of aromatic nitrogens is 4. The van der Waals surface area contributed by atoms with E-state index >= 15 is 0 Å². The SMILES string of the molecule is CC1CCCC(C)N1C(=O)COc1ccc(C(=O)Nc2cccc(-n3cnnn3)c2)cc1. The predicted octanol–water partition coefficient (Wildman–Crippen LogP) is 3.08. The number of piperidine rings is 1. The fourth-order valence-electron chi connectivity index (χ4n) is 4.04. The summed E-state index contributed by atoms with van der Waals surface area (Å²) in [4.78, 5) is 27.1. The Balaban J connectivity index is 1.34. The molecule has 2 heterocycles. The number of anilines is 1. The van der Waals surface area contributed by atoms with Gasteiger partial charge < -0.3 is 15.0 Å². The molecule has 1 aromatic heterocycles. The highest BCUT2D eigenvalue weighted by atomic mass is 16.5. The first-order valence-electron chi connectivity index (χ1n) is 10.7. The van der Waals surface area contributed by atoms with Crippen molar-refractivity contribution in [3.63, 3.8) is 0 Å². The molecule has 2 unspecified atom stereocenters. The molecule has 1 aliphatic heterocycles. The van der Waals surface area contributed by atoms with Crippen molar-refractivity contribution >= 4 is 17.5 Å². The molecule has 166 valence electrons. The van der Waals surface area contributed by atoms with Gasteiger partial charge in [-0.25, -0.2) is 4.68 Å². The predicted molar refractivity (Wildman–Crippen MR) is 119 cm³/mol. The van der Waals surface area contributed by atoms with Crippen molar-refractivity contribution in [2.75, 3.05) is 11.9 Å². The second-order valence-corrected chi connectivity index (χ2v) is 8.00. The highest BCUT2D eigenvalue weighted by Crippen LogP contribution is 2.23. The van der Waals surface area contributed by atoms with Crippen LogP contribution in [0.5, 0.6) is 5.75 Å². The maximum atomic E-state index is 12.6. The van der Waals surface area contributed by atoms with Gasteiger partial charge in [0.15, 0.2) is 6.61 Å². The van der Waals surface area contributed by atoms with E-state index in [-0.39, 0.29) is 30.5 Å². The van der Waals surface area contributed by atoms with Crippen LogP contribution >= 0.6 is 0 Å². The molecule has 9 nitrogen and oxygen atoms in total. The van der Waals surface area contributed by atoms with Crippen molar-refractivity contribution in [1.82, 2.24) is 25.1 Å². The monoisotopic (exact) mass is 434 g/mol. The van der Waals surface area contributed by atoms with Crippen LogP contribution in [0.1, 0.15) is 43.5 Å². The largest absolute Gasteiger partial charge is 0.484 e. The standard InChI is InChI=1S/C23H26N6O3/c1-16-5-3-6-17(2)29(16)22(30)14-32-21-11-9-18(10-12-21)23(31)25-19-7-4-8-20(13-19)28-15-24-26-27-28/h4,7-13,15-17H,3,5-6,14H2,1-2H3,(H,25,31). The Morgan fingerprint density at radius 2 is 1.84 bits per heavy atom. The van der Waals surface area contributed by atoms with Crippen LogP contribution in [-0.2, 0) is 4.79 Å². The van der Waals surface area contributed by atoms with Crippen molar-refractivity contribution in [1.29, 1.82) is 0 Å². The van der Waals surface area contributed by atoms with Crippen LogP contribution in [0, 0.1) is 0 Å². The molecule has 2 aromatic carbocycles. The summed E-state index contributed by atoms with van der Waals surface area (Å²) in [6.07, 6.45) is 4.69. The first-order valence-corrected chi connectivity index (χ1v) is 10.7. The molecule has 2 amide bonds. The van der Waals surface area contributed by atoms with E-state index in [1.807, 2.05) is 17.0 Å².